The second kappa shape index (κ2) is 5.36. The van der Waals surface area contributed by atoms with Crippen LogP contribution in [0.15, 0.2) is 18.2 Å². The summed E-state index contributed by atoms with van der Waals surface area (Å²) in [6, 6.07) is 3.33. The molecule has 0 fully saturated rings. The zero-order valence-electron chi connectivity index (χ0n) is 9.38. The quantitative estimate of drug-likeness (QED) is 0.930. The zero-order chi connectivity index (χ0) is 14.0. The van der Waals surface area contributed by atoms with Crippen LogP contribution in [-0.4, -0.2) is 27.0 Å². The van der Waals surface area contributed by atoms with Crippen molar-refractivity contribution in [1.82, 2.24) is 0 Å². The van der Waals surface area contributed by atoms with Crippen molar-refractivity contribution in [3.8, 4) is 0 Å². The van der Waals surface area contributed by atoms with E-state index < -0.39 is 26.6 Å². The van der Waals surface area contributed by atoms with Crippen molar-refractivity contribution in [3.63, 3.8) is 0 Å². The first-order valence-electron chi connectivity index (χ1n) is 4.88. The molecular formula is C10H11ClF3NO2S. The topological polar surface area (TPSA) is 46.2 Å². The van der Waals surface area contributed by atoms with E-state index in [2.05, 4.69) is 5.32 Å². The molecule has 0 aliphatic heterocycles. The fourth-order valence-corrected chi connectivity index (χ4v) is 1.93. The maximum atomic E-state index is 12.5. The van der Waals surface area contributed by atoms with Crippen LogP contribution in [0, 0.1) is 0 Å². The maximum absolute atomic E-state index is 12.5. The van der Waals surface area contributed by atoms with E-state index in [1.165, 1.54) is 6.07 Å². The van der Waals surface area contributed by atoms with E-state index >= 15 is 0 Å². The molecule has 1 aromatic carbocycles. The maximum Gasteiger partial charge on any atom is 0.417 e. The van der Waals surface area contributed by atoms with Crippen molar-refractivity contribution in [2.24, 2.45) is 0 Å². The minimum atomic E-state index is -4.54. The molecule has 102 valence electrons. The summed E-state index contributed by atoms with van der Waals surface area (Å²) in [5.41, 5.74) is -0.774. The predicted octanol–water partition coefficient (Wildman–Crippen LogP) is 2.82. The number of halogens is 4. The molecule has 0 heterocycles. The average molecular weight is 302 g/mol. The summed E-state index contributed by atoms with van der Waals surface area (Å²) < 4.78 is 59.3. The van der Waals surface area contributed by atoms with Crippen LogP contribution in [0.4, 0.5) is 18.9 Å². The summed E-state index contributed by atoms with van der Waals surface area (Å²) in [5, 5.41) is 2.21. The van der Waals surface area contributed by atoms with Crippen molar-refractivity contribution < 1.29 is 21.6 Å². The number of sulfone groups is 1. The monoisotopic (exact) mass is 301 g/mol. The number of hydrogen-bond donors (Lipinski definition) is 1. The van der Waals surface area contributed by atoms with Crippen molar-refractivity contribution in [1.29, 1.82) is 0 Å². The SMILES string of the molecule is CS(=O)(=O)CCNc1ccc(Cl)c(C(F)(F)F)c1. The van der Waals surface area contributed by atoms with Gasteiger partial charge in [0.25, 0.3) is 0 Å². The molecule has 18 heavy (non-hydrogen) atoms. The molecule has 0 radical (unpaired) electrons. The van der Waals surface area contributed by atoms with Crippen LogP contribution in [-0.2, 0) is 16.0 Å². The van der Waals surface area contributed by atoms with Crippen LogP contribution >= 0.6 is 11.6 Å². The molecule has 0 atom stereocenters. The van der Waals surface area contributed by atoms with Crippen LogP contribution < -0.4 is 5.32 Å². The van der Waals surface area contributed by atoms with Crippen molar-refractivity contribution in [2.75, 3.05) is 23.9 Å². The Balaban J connectivity index is 2.80. The Labute approximate surface area is 108 Å². The van der Waals surface area contributed by atoms with Gasteiger partial charge in [0, 0.05) is 18.5 Å². The Hall–Kier alpha value is -0.950. The van der Waals surface area contributed by atoms with Gasteiger partial charge in [-0.2, -0.15) is 13.2 Å². The van der Waals surface area contributed by atoms with Crippen molar-refractivity contribution in [2.45, 2.75) is 6.18 Å². The molecule has 8 heteroatoms. The highest BCUT2D eigenvalue weighted by Gasteiger charge is 2.33. The molecule has 0 bridgehead atoms. The van der Waals surface area contributed by atoms with Crippen molar-refractivity contribution >= 4 is 27.1 Å². The summed E-state index contributed by atoms with van der Waals surface area (Å²) in [4.78, 5) is 0. The van der Waals surface area contributed by atoms with E-state index in [-0.39, 0.29) is 18.0 Å². The van der Waals surface area contributed by atoms with Gasteiger partial charge in [0.15, 0.2) is 0 Å². The highest BCUT2D eigenvalue weighted by atomic mass is 35.5. The lowest BCUT2D eigenvalue weighted by Crippen LogP contribution is -2.14. The molecule has 1 rings (SSSR count). The summed E-state index contributed by atoms with van der Waals surface area (Å²) in [6.45, 7) is 0.0394. The Kier molecular flexibility index (Phi) is 4.50. The molecule has 0 saturated carbocycles. The first-order chi connectivity index (χ1) is 8.09. The van der Waals surface area contributed by atoms with Crippen LogP contribution in [0.5, 0.6) is 0 Å². The van der Waals surface area contributed by atoms with Gasteiger partial charge in [-0.1, -0.05) is 11.6 Å². The third-order valence-corrected chi connectivity index (χ3v) is 3.35. The first-order valence-corrected chi connectivity index (χ1v) is 7.32. The fraction of sp³-hybridized carbons (Fsp3) is 0.400. The predicted molar refractivity (Wildman–Crippen MR) is 64.7 cm³/mol. The molecule has 0 aromatic heterocycles. The number of rotatable bonds is 4. The minimum absolute atomic E-state index is 0.0394. The van der Waals surface area contributed by atoms with E-state index in [0.29, 0.717) is 0 Å². The molecular weight excluding hydrogens is 291 g/mol. The Morgan fingerprint density at radius 1 is 1.33 bits per heavy atom. The highest BCUT2D eigenvalue weighted by Crippen LogP contribution is 2.36. The van der Waals surface area contributed by atoms with Crippen LogP contribution in [0.2, 0.25) is 5.02 Å². The van der Waals surface area contributed by atoms with Gasteiger partial charge in [-0.05, 0) is 18.2 Å². The van der Waals surface area contributed by atoms with Gasteiger partial charge in [-0.15, -0.1) is 0 Å². The smallest absolute Gasteiger partial charge is 0.384 e. The standard InChI is InChI=1S/C10H11ClF3NO2S/c1-18(16,17)5-4-15-7-2-3-9(11)8(6-7)10(12,13)14/h2-3,6,15H,4-5H2,1H3. The number of hydrogen-bond acceptors (Lipinski definition) is 3. The zero-order valence-corrected chi connectivity index (χ0v) is 11.0. The Morgan fingerprint density at radius 3 is 2.44 bits per heavy atom. The largest absolute Gasteiger partial charge is 0.417 e. The summed E-state index contributed by atoms with van der Waals surface area (Å²) in [6.07, 6.45) is -3.48. The second-order valence-corrected chi connectivity index (χ2v) is 6.42. The molecule has 0 aliphatic carbocycles. The van der Waals surface area contributed by atoms with Crippen LogP contribution in [0.25, 0.3) is 0 Å². The number of anilines is 1. The number of benzene rings is 1. The average Bonchev–Trinajstić information content (AvgIpc) is 2.17. The van der Waals surface area contributed by atoms with Crippen LogP contribution in [0.3, 0.4) is 0 Å². The van der Waals surface area contributed by atoms with Gasteiger partial charge >= 0.3 is 6.18 Å². The molecule has 0 spiro atoms. The van der Waals surface area contributed by atoms with E-state index in [9.17, 15) is 21.6 Å². The fourth-order valence-electron chi connectivity index (χ4n) is 1.23. The first kappa shape index (κ1) is 15.1. The number of nitrogens with one attached hydrogen (secondary N) is 1. The second-order valence-electron chi connectivity index (χ2n) is 3.75. The van der Waals surface area contributed by atoms with E-state index in [4.69, 9.17) is 11.6 Å². The summed E-state index contributed by atoms with van der Waals surface area (Å²) in [7, 11) is -3.15. The molecule has 1 aromatic rings. The molecule has 0 amide bonds. The van der Waals surface area contributed by atoms with E-state index in [1.807, 2.05) is 0 Å². The van der Waals surface area contributed by atoms with Gasteiger partial charge in [0.1, 0.15) is 9.84 Å². The highest BCUT2D eigenvalue weighted by molar-refractivity contribution is 7.90. The van der Waals surface area contributed by atoms with Gasteiger partial charge in [0.2, 0.25) is 0 Å². The van der Waals surface area contributed by atoms with Gasteiger partial charge in [-0.3, -0.25) is 0 Å². The lowest BCUT2D eigenvalue weighted by atomic mass is 10.2. The Morgan fingerprint density at radius 2 is 1.94 bits per heavy atom. The van der Waals surface area contributed by atoms with Crippen LogP contribution in [0.1, 0.15) is 5.56 Å². The lowest BCUT2D eigenvalue weighted by Gasteiger charge is -2.12. The lowest BCUT2D eigenvalue weighted by molar-refractivity contribution is -0.137. The van der Waals surface area contributed by atoms with Gasteiger partial charge < -0.3 is 5.32 Å². The van der Waals surface area contributed by atoms with Crippen molar-refractivity contribution in [3.05, 3.63) is 28.8 Å². The molecule has 0 unspecified atom stereocenters. The third-order valence-electron chi connectivity index (χ3n) is 2.07. The molecule has 3 nitrogen and oxygen atoms in total. The normalized spacial score (nSPS) is 12.5. The Bertz CT molecular complexity index is 528. The van der Waals surface area contributed by atoms with E-state index in [1.54, 1.807) is 0 Å². The molecule has 1 N–H and O–H groups in total. The van der Waals surface area contributed by atoms with Gasteiger partial charge in [0.05, 0.1) is 16.3 Å². The summed E-state index contributed by atoms with van der Waals surface area (Å²) in [5.74, 6) is -0.156. The minimum Gasteiger partial charge on any atom is -0.384 e. The molecule has 0 aliphatic rings. The third kappa shape index (κ3) is 4.73. The summed E-state index contributed by atoms with van der Waals surface area (Å²) >= 11 is 5.44. The van der Waals surface area contributed by atoms with Gasteiger partial charge in [-0.25, -0.2) is 8.42 Å². The van der Waals surface area contributed by atoms with E-state index in [0.717, 1.165) is 18.4 Å². The number of alkyl halides is 3. The molecule has 0 saturated heterocycles.